The highest BCUT2D eigenvalue weighted by Gasteiger charge is 2.15. The van der Waals surface area contributed by atoms with Gasteiger partial charge in [0.1, 0.15) is 0 Å². The van der Waals surface area contributed by atoms with E-state index in [9.17, 15) is 4.79 Å². The first-order chi connectivity index (χ1) is 11.1. The topological polar surface area (TPSA) is 32.3 Å². The van der Waals surface area contributed by atoms with Crippen LogP contribution in [0, 0.1) is 5.92 Å². The molecule has 5 heteroatoms. The summed E-state index contributed by atoms with van der Waals surface area (Å²) in [5, 5.41) is 3.50. The van der Waals surface area contributed by atoms with Crippen LogP contribution in [0.15, 0.2) is 23.1 Å². The maximum Gasteiger partial charge on any atom is 0.252 e. The molecule has 1 aliphatic heterocycles. The zero-order valence-electron chi connectivity index (χ0n) is 14.1. The molecule has 0 radical (unpaired) electrons. The Labute approximate surface area is 149 Å². The second-order valence-corrected chi connectivity index (χ2v) is 7.64. The number of rotatable bonds is 7. The SMILES string of the molecule is CSc1ccc(Cl)c(C(=O)NCCCCN2CCC[C@@H](C)C2)c1. The van der Waals surface area contributed by atoms with Crippen LogP contribution < -0.4 is 5.32 Å². The molecule has 1 fully saturated rings. The van der Waals surface area contributed by atoms with Crippen molar-refractivity contribution in [3.8, 4) is 0 Å². The Kier molecular flexibility index (Phi) is 7.74. The van der Waals surface area contributed by atoms with E-state index in [-0.39, 0.29) is 5.91 Å². The monoisotopic (exact) mass is 354 g/mol. The average Bonchev–Trinajstić information content (AvgIpc) is 2.55. The molecule has 0 saturated carbocycles. The van der Waals surface area contributed by atoms with Crippen molar-refractivity contribution >= 4 is 29.3 Å². The molecule has 1 heterocycles. The number of nitrogens with one attached hydrogen (secondary N) is 1. The number of likely N-dealkylation sites (tertiary alicyclic amines) is 1. The number of piperidine rings is 1. The molecule has 1 N–H and O–H groups in total. The number of hydrogen-bond acceptors (Lipinski definition) is 3. The second-order valence-electron chi connectivity index (χ2n) is 6.36. The fourth-order valence-corrected chi connectivity index (χ4v) is 3.70. The van der Waals surface area contributed by atoms with Crippen molar-refractivity contribution in [2.45, 2.75) is 37.5 Å². The van der Waals surface area contributed by atoms with Gasteiger partial charge in [0.2, 0.25) is 0 Å². The lowest BCUT2D eigenvalue weighted by atomic mass is 10.0. The summed E-state index contributed by atoms with van der Waals surface area (Å²) in [5.74, 6) is 0.756. The lowest BCUT2D eigenvalue weighted by Gasteiger charge is -2.30. The smallest absolute Gasteiger partial charge is 0.252 e. The third-order valence-corrected chi connectivity index (χ3v) is 5.40. The molecule has 0 spiro atoms. The number of halogens is 1. The van der Waals surface area contributed by atoms with Gasteiger partial charge >= 0.3 is 0 Å². The van der Waals surface area contributed by atoms with E-state index >= 15 is 0 Å². The van der Waals surface area contributed by atoms with Crippen LogP contribution in [-0.4, -0.2) is 43.2 Å². The molecule has 128 valence electrons. The summed E-state index contributed by atoms with van der Waals surface area (Å²) in [5.41, 5.74) is 0.573. The highest BCUT2D eigenvalue weighted by atomic mass is 35.5. The maximum atomic E-state index is 12.2. The van der Waals surface area contributed by atoms with Crippen molar-refractivity contribution in [3.05, 3.63) is 28.8 Å². The van der Waals surface area contributed by atoms with Crippen molar-refractivity contribution in [3.63, 3.8) is 0 Å². The first kappa shape index (κ1) is 18.6. The van der Waals surface area contributed by atoms with Crippen LogP contribution in [0.4, 0.5) is 0 Å². The average molecular weight is 355 g/mol. The van der Waals surface area contributed by atoms with Crippen molar-refractivity contribution in [1.29, 1.82) is 0 Å². The van der Waals surface area contributed by atoms with E-state index < -0.39 is 0 Å². The minimum absolute atomic E-state index is 0.0718. The van der Waals surface area contributed by atoms with Crippen LogP contribution in [0.25, 0.3) is 0 Å². The Hall–Kier alpha value is -0.710. The van der Waals surface area contributed by atoms with Crippen molar-refractivity contribution < 1.29 is 4.79 Å². The molecule has 0 aromatic heterocycles. The van der Waals surface area contributed by atoms with Gasteiger partial charge in [0.25, 0.3) is 5.91 Å². The fraction of sp³-hybridized carbons (Fsp3) is 0.611. The van der Waals surface area contributed by atoms with E-state index in [4.69, 9.17) is 11.6 Å². The van der Waals surface area contributed by atoms with E-state index in [1.54, 1.807) is 17.8 Å². The summed E-state index contributed by atoms with van der Waals surface area (Å²) in [6.45, 7) is 6.64. The van der Waals surface area contributed by atoms with E-state index in [2.05, 4.69) is 17.1 Å². The normalized spacial score (nSPS) is 18.8. The summed E-state index contributed by atoms with van der Waals surface area (Å²) in [6.07, 6.45) is 6.82. The lowest BCUT2D eigenvalue weighted by molar-refractivity contribution is 0.0952. The van der Waals surface area contributed by atoms with Crippen LogP contribution in [0.3, 0.4) is 0 Å². The van der Waals surface area contributed by atoms with Gasteiger partial charge in [-0.25, -0.2) is 0 Å². The van der Waals surface area contributed by atoms with E-state index in [1.807, 2.05) is 18.4 Å². The van der Waals surface area contributed by atoms with Gasteiger partial charge in [0.15, 0.2) is 0 Å². The van der Waals surface area contributed by atoms with Gasteiger partial charge in [-0.1, -0.05) is 18.5 Å². The van der Waals surface area contributed by atoms with Crippen molar-refractivity contribution in [2.75, 3.05) is 32.4 Å². The zero-order valence-corrected chi connectivity index (χ0v) is 15.7. The minimum atomic E-state index is -0.0718. The van der Waals surface area contributed by atoms with Crippen LogP contribution in [0.1, 0.15) is 43.0 Å². The first-order valence-electron chi connectivity index (χ1n) is 8.44. The third kappa shape index (κ3) is 6.02. The van der Waals surface area contributed by atoms with Crippen molar-refractivity contribution in [1.82, 2.24) is 10.2 Å². The number of carbonyl (C=O) groups is 1. The molecule has 23 heavy (non-hydrogen) atoms. The predicted octanol–water partition coefficient (Wildman–Crippen LogP) is 4.30. The maximum absolute atomic E-state index is 12.2. The number of unbranched alkanes of at least 4 members (excludes halogenated alkanes) is 1. The Morgan fingerprint density at radius 3 is 3.00 bits per heavy atom. The number of amides is 1. The standard InChI is InChI=1S/C18H27ClN2OS/c1-14-6-5-11-21(13-14)10-4-3-9-20-18(22)16-12-15(23-2)7-8-17(16)19/h7-8,12,14H,3-6,9-11,13H2,1-2H3,(H,20,22)/t14-/m1/s1. The van der Waals surface area contributed by atoms with E-state index in [1.165, 1.54) is 25.9 Å². The largest absolute Gasteiger partial charge is 0.352 e. The lowest BCUT2D eigenvalue weighted by Crippen LogP contribution is -2.35. The quantitative estimate of drug-likeness (QED) is 0.585. The molecular formula is C18H27ClN2OS. The summed E-state index contributed by atoms with van der Waals surface area (Å²) in [6, 6.07) is 5.58. The number of carbonyl (C=O) groups excluding carboxylic acids is 1. The summed E-state index contributed by atoms with van der Waals surface area (Å²) < 4.78 is 0. The van der Waals surface area contributed by atoms with Gasteiger partial charge in [0, 0.05) is 18.0 Å². The molecule has 0 bridgehead atoms. The number of hydrogen-bond donors (Lipinski definition) is 1. The zero-order chi connectivity index (χ0) is 16.7. The first-order valence-corrected chi connectivity index (χ1v) is 10.0. The molecule has 1 aromatic rings. The predicted molar refractivity (Wildman–Crippen MR) is 99.6 cm³/mol. The third-order valence-electron chi connectivity index (χ3n) is 4.35. The van der Waals surface area contributed by atoms with Gasteiger partial charge in [0.05, 0.1) is 10.6 Å². The highest BCUT2D eigenvalue weighted by molar-refractivity contribution is 7.98. The van der Waals surface area contributed by atoms with Crippen molar-refractivity contribution in [2.24, 2.45) is 5.92 Å². The van der Waals surface area contributed by atoms with Gasteiger partial charge < -0.3 is 10.2 Å². The molecule has 1 atom stereocenters. The number of nitrogens with zero attached hydrogens (tertiary/aromatic N) is 1. The van der Waals surface area contributed by atoms with Crippen LogP contribution in [0.5, 0.6) is 0 Å². The molecule has 1 saturated heterocycles. The van der Waals surface area contributed by atoms with Gasteiger partial charge in [-0.3, -0.25) is 4.79 Å². The molecule has 1 amide bonds. The van der Waals surface area contributed by atoms with E-state index in [0.717, 1.165) is 30.2 Å². The molecule has 1 aromatic carbocycles. The Balaban J connectivity index is 1.69. The van der Waals surface area contributed by atoms with Crippen LogP contribution in [0.2, 0.25) is 5.02 Å². The number of benzene rings is 1. The molecular weight excluding hydrogens is 328 g/mol. The Morgan fingerprint density at radius 1 is 1.43 bits per heavy atom. The Bertz CT molecular complexity index is 524. The van der Waals surface area contributed by atoms with E-state index in [0.29, 0.717) is 17.1 Å². The minimum Gasteiger partial charge on any atom is -0.352 e. The molecule has 3 nitrogen and oxygen atoms in total. The molecule has 1 aliphatic rings. The molecule has 2 rings (SSSR count). The second kappa shape index (κ2) is 9.55. The number of thioether (sulfide) groups is 1. The van der Waals surface area contributed by atoms with Gasteiger partial charge in [-0.05, 0) is 69.1 Å². The van der Waals surface area contributed by atoms with Gasteiger partial charge in [-0.2, -0.15) is 0 Å². The fourth-order valence-electron chi connectivity index (χ4n) is 3.05. The Morgan fingerprint density at radius 2 is 2.26 bits per heavy atom. The van der Waals surface area contributed by atoms with Gasteiger partial charge in [-0.15, -0.1) is 11.8 Å². The van der Waals surface area contributed by atoms with Crippen LogP contribution in [-0.2, 0) is 0 Å². The summed E-state index contributed by atoms with van der Waals surface area (Å²) in [7, 11) is 0. The summed E-state index contributed by atoms with van der Waals surface area (Å²) in [4.78, 5) is 15.8. The molecule has 0 aliphatic carbocycles. The molecule has 0 unspecified atom stereocenters. The van der Waals surface area contributed by atoms with Crippen LogP contribution >= 0.6 is 23.4 Å². The summed E-state index contributed by atoms with van der Waals surface area (Å²) >= 11 is 7.74. The highest BCUT2D eigenvalue weighted by Crippen LogP contribution is 2.23.